The third-order valence-electron chi connectivity index (χ3n) is 4.07. The molecule has 7 heteroatoms. The van der Waals surface area contributed by atoms with Crippen LogP contribution in [0.2, 0.25) is 0 Å². The third kappa shape index (κ3) is 3.71. The Morgan fingerprint density at radius 1 is 1.16 bits per heavy atom. The standard InChI is InChI=1S/C18H19N3O4/c1-21-10-4-7-14(21)16(22)19-8-9-20-17(23)15-11-12-5-2-3-6-13(12)18(24)25-15/h2-7,10,15H,8-9,11H2,1H3,(H,19,22)(H,20,23). The number of benzene rings is 1. The molecule has 1 aromatic carbocycles. The van der Waals surface area contributed by atoms with Crippen LogP contribution in [0.3, 0.4) is 0 Å². The van der Waals surface area contributed by atoms with Crippen LogP contribution < -0.4 is 10.6 Å². The summed E-state index contributed by atoms with van der Waals surface area (Å²) in [5, 5.41) is 5.41. The highest BCUT2D eigenvalue weighted by molar-refractivity contribution is 5.96. The zero-order valence-corrected chi connectivity index (χ0v) is 13.8. The van der Waals surface area contributed by atoms with E-state index in [2.05, 4.69) is 10.6 Å². The Balaban J connectivity index is 1.47. The molecule has 2 heterocycles. The highest BCUT2D eigenvalue weighted by atomic mass is 16.5. The second-order valence-corrected chi connectivity index (χ2v) is 5.81. The van der Waals surface area contributed by atoms with Crippen molar-refractivity contribution in [2.75, 3.05) is 13.1 Å². The smallest absolute Gasteiger partial charge is 0.339 e. The lowest BCUT2D eigenvalue weighted by Gasteiger charge is -2.23. The van der Waals surface area contributed by atoms with Crippen LogP contribution in [0, 0.1) is 0 Å². The van der Waals surface area contributed by atoms with Gasteiger partial charge in [-0.2, -0.15) is 0 Å². The minimum absolute atomic E-state index is 0.209. The van der Waals surface area contributed by atoms with E-state index in [1.807, 2.05) is 12.1 Å². The first kappa shape index (κ1) is 16.8. The molecule has 3 rings (SSSR count). The molecule has 0 fully saturated rings. The molecule has 25 heavy (non-hydrogen) atoms. The number of fused-ring (bicyclic) bond motifs is 1. The number of amides is 2. The summed E-state index contributed by atoms with van der Waals surface area (Å²) in [6, 6.07) is 10.6. The highest BCUT2D eigenvalue weighted by Gasteiger charge is 2.30. The molecule has 1 atom stereocenters. The molecule has 0 saturated carbocycles. The van der Waals surface area contributed by atoms with Gasteiger partial charge in [-0.3, -0.25) is 9.59 Å². The van der Waals surface area contributed by atoms with Crippen molar-refractivity contribution < 1.29 is 19.1 Å². The number of carbonyl (C=O) groups excluding carboxylic acids is 3. The molecule has 2 amide bonds. The van der Waals surface area contributed by atoms with Gasteiger partial charge in [0.2, 0.25) is 0 Å². The second kappa shape index (κ2) is 7.21. The maximum absolute atomic E-state index is 12.2. The molecule has 1 aliphatic heterocycles. The number of carbonyl (C=O) groups is 3. The van der Waals surface area contributed by atoms with Crippen molar-refractivity contribution in [3.05, 3.63) is 59.4 Å². The molecule has 0 saturated heterocycles. The normalized spacial score (nSPS) is 15.9. The van der Waals surface area contributed by atoms with Gasteiger partial charge >= 0.3 is 5.97 Å². The van der Waals surface area contributed by atoms with Crippen molar-refractivity contribution in [3.63, 3.8) is 0 Å². The molecule has 0 aliphatic carbocycles. The van der Waals surface area contributed by atoms with E-state index in [1.165, 1.54) is 0 Å². The zero-order chi connectivity index (χ0) is 17.8. The van der Waals surface area contributed by atoms with Gasteiger partial charge in [0.05, 0.1) is 5.56 Å². The Bertz CT molecular complexity index is 812. The largest absolute Gasteiger partial charge is 0.448 e. The Hall–Kier alpha value is -3.09. The number of ether oxygens (including phenoxy) is 1. The van der Waals surface area contributed by atoms with E-state index in [9.17, 15) is 14.4 Å². The summed E-state index contributed by atoms with van der Waals surface area (Å²) in [6.45, 7) is 0.539. The number of esters is 1. The summed E-state index contributed by atoms with van der Waals surface area (Å²) in [5.41, 5.74) is 1.85. The summed E-state index contributed by atoms with van der Waals surface area (Å²) in [7, 11) is 1.78. The molecule has 1 aliphatic rings. The number of nitrogens with one attached hydrogen (secondary N) is 2. The number of hydrogen-bond donors (Lipinski definition) is 2. The van der Waals surface area contributed by atoms with Crippen LogP contribution in [0.15, 0.2) is 42.6 Å². The molecule has 1 aromatic heterocycles. The van der Waals surface area contributed by atoms with E-state index >= 15 is 0 Å². The Morgan fingerprint density at radius 2 is 1.92 bits per heavy atom. The van der Waals surface area contributed by atoms with E-state index in [-0.39, 0.29) is 24.9 Å². The fourth-order valence-corrected chi connectivity index (χ4v) is 2.74. The summed E-state index contributed by atoms with van der Waals surface area (Å²) in [6.07, 6.45) is 1.29. The number of cyclic esters (lactones) is 1. The summed E-state index contributed by atoms with van der Waals surface area (Å²) in [5.74, 6) is -1.06. The van der Waals surface area contributed by atoms with Crippen molar-refractivity contribution >= 4 is 17.8 Å². The van der Waals surface area contributed by atoms with Crippen LogP contribution in [-0.4, -0.2) is 41.5 Å². The maximum atomic E-state index is 12.2. The van der Waals surface area contributed by atoms with Gasteiger partial charge in [-0.25, -0.2) is 4.79 Å². The van der Waals surface area contributed by atoms with Crippen LogP contribution in [0.5, 0.6) is 0 Å². The SMILES string of the molecule is Cn1cccc1C(=O)NCCNC(=O)C1Cc2ccccc2C(=O)O1. The lowest BCUT2D eigenvalue weighted by molar-refractivity contribution is -0.130. The summed E-state index contributed by atoms with van der Waals surface area (Å²) >= 11 is 0. The van der Waals surface area contributed by atoms with Crippen molar-refractivity contribution in [1.82, 2.24) is 15.2 Å². The first-order chi connectivity index (χ1) is 12.1. The van der Waals surface area contributed by atoms with Gasteiger partial charge in [-0.05, 0) is 23.8 Å². The van der Waals surface area contributed by atoms with Crippen LogP contribution in [-0.2, 0) is 23.0 Å². The Morgan fingerprint density at radius 3 is 2.68 bits per heavy atom. The lowest BCUT2D eigenvalue weighted by atomic mass is 9.98. The average Bonchev–Trinajstić information content (AvgIpc) is 3.04. The quantitative estimate of drug-likeness (QED) is 0.617. The van der Waals surface area contributed by atoms with Gasteiger partial charge < -0.3 is 19.9 Å². The van der Waals surface area contributed by atoms with Crippen molar-refractivity contribution in [3.8, 4) is 0 Å². The number of hydrogen-bond acceptors (Lipinski definition) is 4. The van der Waals surface area contributed by atoms with Crippen molar-refractivity contribution in [2.24, 2.45) is 7.05 Å². The van der Waals surface area contributed by atoms with Crippen LogP contribution in [0.25, 0.3) is 0 Å². The molecule has 1 unspecified atom stereocenters. The van der Waals surface area contributed by atoms with Crippen LogP contribution in [0.1, 0.15) is 26.4 Å². The van der Waals surface area contributed by atoms with E-state index in [0.717, 1.165) is 5.56 Å². The van der Waals surface area contributed by atoms with E-state index < -0.39 is 12.1 Å². The first-order valence-corrected chi connectivity index (χ1v) is 8.02. The topological polar surface area (TPSA) is 89.4 Å². The number of nitrogens with zero attached hydrogens (tertiary/aromatic N) is 1. The average molecular weight is 341 g/mol. The van der Waals surface area contributed by atoms with E-state index in [1.54, 1.807) is 42.1 Å². The Labute approximate surface area is 145 Å². The molecular formula is C18H19N3O4. The van der Waals surface area contributed by atoms with Gasteiger partial charge in [0, 0.05) is 32.8 Å². The minimum atomic E-state index is -0.842. The summed E-state index contributed by atoms with van der Waals surface area (Å²) < 4.78 is 6.90. The molecule has 0 spiro atoms. The van der Waals surface area contributed by atoms with Crippen molar-refractivity contribution in [1.29, 1.82) is 0 Å². The zero-order valence-electron chi connectivity index (χ0n) is 13.8. The van der Waals surface area contributed by atoms with E-state index in [0.29, 0.717) is 17.7 Å². The van der Waals surface area contributed by atoms with Crippen LogP contribution >= 0.6 is 0 Å². The van der Waals surface area contributed by atoms with Gasteiger partial charge in [0.1, 0.15) is 5.69 Å². The van der Waals surface area contributed by atoms with Gasteiger partial charge in [0.15, 0.2) is 6.10 Å². The summed E-state index contributed by atoms with van der Waals surface area (Å²) in [4.78, 5) is 36.0. The van der Waals surface area contributed by atoms with Crippen molar-refractivity contribution in [2.45, 2.75) is 12.5 Å². The molecule has 0 bridgehead atoms. The number of rotatable bonds is 5. The molecular weight excluding hydrogens is 322 g/mol. The minimum Gasteiger partial charge on any atom is -0.448 e. The van der Waals surface area contributed by atoms with Gasteiger partial charge in [-0.15, -0.1) is 0 Å². The Kier molecular flexibility index (Phi) is 4.83. The third-order valence-corrected chi connectivity index (χ3v) is 4.07. The van der Waals surface area contributed by atoms with Gasteiger partial charge in [-0.1, -0.05) is 18.2 Å². The molecule has 7 nitrogen and oxygen atoms in total. The van der Waals surface area contributed by atoms with E-state index in [4.69, 9.17) is 4.74 Å². The molecule has 0 radical (unpaired) electrons. The predicted octanol–water partition coefficient (Wildman–Crippen LogP) is 0.653. The molecule has 2 aromatic rings. The second-order valence-electron chi connectivity index (χ2n) is 5.81. The predicted molar refractivity (Wildman–Crippen MR) is 90.1 cm³/mol. The number of aromatic nitrogens is 1. The fraction of sp³-hybridized carbons (Fsp3) is 0.278. The van der Waals surface area contributed by atoms with Crippen LogP contribution in [0.4, 0.5) is 0 Å². The first-order valence-electron chi connectivity index (χ1n) is 8.02. The highest BCUT2D eigenvalue weighted by Crippen LogP contribution is 2.20. The molecule has 2 N–H and O–H groups in total. The maximum Gasteiger partial charge on any atom is 0.339 e. The fourth-order valence-electron chi connectivity index (χ4n) is 2.74. The molecule has 130 valence electrons. The van der Waals surface area contributed by atoms with Gasteiger partial charge in [0.25, 0.3) is 11.8 Å². The monoisotopic (exact) mass is 341 g/mol. The lowest BCUT2D eigenvalue weighted by Crippen LogP contribution is -2.44. The number of aryl methyl sites for hydroxylation is 1.